The molecule has 160 valence electrons. The van der Waals surface area contributed by atoms with E-state index in [1.54, 1.807) is 41.8 Å². The van der Waals surface area contributed by atoms with Gasteiger partial charge in [-0.05, 0) is 29.1 Å². The number of nitrogens with one attached hydrogen (secondary N) is 1. The van der Waals surface area contributed by atoms with Crippen molar-refractivity contribution in [2.45, 2.75) is 6.61 Å². The Morgan fingerprint density at radius 3 is 2.39 bits per heavy atom. The number of rotatable bonds is 8. The van der Waals surface area contributed by atoms with E-state index in [4.69, 9.17) is 19.9 Å². The number of carbonyl (C=O) groups excluding carboxylic acids is 3. The van der Waals surface area contributed by atoms with Crippen molar-refractivity contribution in [3.05, 3.63) is 75.5 Å². The Bertz CT molecular complexity index is 1110. The smallest absolute Gasteiger partial charge is 0.340 e. The molecule has 0 aliphatic heterocycles. The molecule has 2 aromatic carbocycles. The molecule has 0 aliphatic carbocycles. The van der Waals surface area contributed by atoms with Gasteiger partial charge in [-0.3, -0.25) is 9.59 Å². The van der Waals surface area contributed by atoms with Crippen molar-refractivity contribution in [1.29, 1.82) is 0 Å². The van der Waals surface area contributed by atoms with E-state index < -0.39 is 11.9 Å². The molecule has 31 heavy (non-hydrogen) atoms. The second-order valence-electron chi connectivity index (χ2n) is 6.32. The zero-order valence-electron chi connectivity index (χ0n) is 16.8. The van der Waals surface area contributed by atoms with Gasteiger partial charge in [-0.2, -0.15) is 0 Å². The number of carbonyl (C=O) groups is 3. The number of anilines is 1. The summed E-state index contributed by atoms with van der Waals surface area (Å²) in [6.45, 7) is -0.0907. The van der Waals surface area contributed by atoms with Gasteiger partial charge in [0, 0.05) is 17.7 Å². The summed E-state index contributed by atoms with van der Waals surface area (Å²) in [5, 5.41) is 4.49. The monoisotopic (exact) mass is 440 g/mol. The molecule has 0 aliphatic rings. The highest BCUT2D eigenvalue weighted by Crippen LogP contribution is 2.34. The molecule has 3 rings (SSSR count). The Morgan fingerprint density at radius 1 is 1.00 bits per heavy atom. The van der Waals surface area contributed by atoms with Gasteiger partial charge in [-0.15, -0.1) is 11.3 Å². The fraction of sp³-hybridized carbons (Fsp3) is 0.136. The fourth-order valence-electron chi connectivity index (χ4n) is 2.78. The topological polar surface area (TPSA) is 117 Å². The molecule has 9 heteroatoms. The first-order valence-corrected chi connectivity index (χ1v) is 9.97. The zero-order chi connectivity index (χ0) is 22.4. The Hall–Kier alpha value is -3.85. The van der Waals surface area contributed by atoms with Crippen LogP contribution in [0.15, 0.2) is 53.9 Å². The molecule has 0 atom stereocenters. The van der Waals surface area contributed by atoms with Crippen LogP contribution in [0.1, 0.15) is 36.0 Å². The number of hydrogen-bond donors (Lipinski definition) is 2. The van der Waals surface area contributed by atoms with Crippen molar-refractivity contribution in [2.24, 2.45) is 5.73 Å². The molecule has 0 fully saturated rings. The van der Waals surface area contributed by atoms with E-state index in [9.17, 15) is 14.4 Å². The molecule has 3 N–H and O–H groups in total. The number of methoxy groups -OCH3 is 2. The van der Waals surface area contributed by atoms with Gasteiger partial charge >= 0.3 is 5.97 Å². The third-order valence-electron chi connectivity index (χ3n) is 4.32. The van der Waals surface area contributed by atoms with Crippen LogP contribution in [-0.2, 0) is 11.3 Å². The van der Waals surface area contributed by atoms with Gasteiger partial charge in [0.1, 0.15) is 6.61 Å². The largest absolute Gasteiger partial charge is 0.493 e. The minimum absolute atomic E-state index is 0.0907. The number of nitrogens with two attached hydrogens (primary N) is 1. The summed E-state index contributed by atoms with van der Waals surface area (Å²) in [7, 11) is 2.89. The fourth-order valence-corrected chi connectivity index (χ4v) is 3.40. The summed E-state index contributed by atoms with van der Waals surface area (Å²) in [5.41, 5.74) is 6.49. The maximum absolute atomic E-state index is 12.8. The highest BCUT2D eigenvalue weighted by molar-refractivity contribution is 7.12. The first-order valence-electron chi connectivity index (χ1n) is 9.09. The van der Waals surface area contributed by atoms with Crippen molar-refractivity contribution in [1.82, 2.24) is 0 Å². The number of thiophene rings is 1. The first kappa shape index (κ1) is 21.8. The van der Waals surface area contributed by atoms with Gasteiger partial charge in [-0.1, -0.05) is 18.2 Å². The predicted molar refractivity (Wildman–Crippen MR) is 116 cm³/mol. The van der Waals surface area contributed by atoms with E-state index in [1.807, 2.05) is 0 Å². The molecular formula is C22H20N2O6S. The molecule has 0 unspecified atom stereocenters. The van der Waals surface area contributed by atoms with Crippen molar-refractivity contribution in [3.63, 3.8) is 0 Å². The maximum Gasteiger partial charge on any atom is 0.340 e. The second-order valence-corrected chi connectivity index (χ2v) is 7.27. The van der Waals surface area contributed by atoms with Crippen LogP contribution in [0.4, 0.5) is 5.69 Å². The maximum atomic E-state index is 12.8. The van der Waals surface area contributed by atoms with Gasteiger partial charge in [0.15, 0.2) is 11.5 Å². The van der Waals surface area contributed by atoms with Crippen LogP contribution >= 0.6 is 11.3 Å². The van der Waals surface area contributed by atoms with E-state index in [-0.39, 0.29) is 23.8 Å². The summed E-state index contributed by atoms with van der Waals surface area (Å²) in [4.78, 5) is 37.2. The second kappa shape index (κ2) is 9.77. The molecule has 2 amide bonds. The number of ether oxygens (including phenoxy) is 3. The highest BCUT2D eigenvalue weighted by Gasteiger charge is 2.21. The summed E-state index contributed by atoms with van der Waals surface area (Å²) in [5.74, 6) is -0.988. The minimum atomic E-state index is -0.688. The molecule has 1 heterocycles. The summed E-state index contributed by atoms with van der Waals surface area (Å²) < 4.78 is 15.9. The number of hydrogen-bond acceptors (Lipinski definition) is 7. The van der Waals surface area contributed by atoms with Crippen LogP contribution in [0.25, 0.3) is 0 Å². The van der Waals surface area contributed by atoms with Gasteiger partial charge in [-0.25, -0.2) is 4.79 Å². The lowest BCUT2D eigenvalue weighted by Gasteiger charge is -2.15. The van der Waals surface area contributed by atoms with E-state index >= 15 is 0 Å². The van der Waals surface area contributed by atoms with E-state index in [1.165, 1.54) is 37.7 Å². The lowest BCUT2D eigenvalue weighted by Crippen LogP contribution is -2.16. The molecule has 8 nitrogen and oxygen atoms in total. The van der Waals surface area contributed by atoms with Crippen LogP contribution in [0.2, 0.25) is 0 Å². The van der Waals surface area contributed by atoms with Crippen LogP contribution in [-0.4, -0.2) is 32.0 Å². The van der Waals surface area contributed by atoms with E-state index in [0.717, 1.165) is 0 Å². The molecular weight excluding hydrogens is 420 g/mol. The SMILES string of the molecule is COc1cc(NC(=O)c2cccs2)c(C(=O)OCc2cccc(C(N)=O)c2)cc1OC. The van der Waals surface area contributed by atoms with E-state index in [0.29, 0.717) is 27.5 Å². The average Bonchev–Trinajstić information content (AvgIpc) is 3.32. The Morgan fingerprint density at radius 2 is 1.74 bits per heavy atom. The minimum Gasteiger partial charge on any atom is -0.493 e. The molecule has 0 radical (unpaired) electrons. The van der Waals surface area contributed by atoms with Gasteiger partial charge < -0.3 is 25.3 Å². The van der Waals surface area contributed by atoms with Crippen LogP contribution in [0, 0.1) is 0 Å². The van der Waals surface area contributed by atoms with Gasteiger partial charge in [0.05, 0.1) is 30.3 Å². The zero-order valence-corrected chi connectivity index (χ0v) is 17.7. The lowest BCUT2D eigenvalue weighted by atomic mass is 10.1. The van der Waals surface area contributed by atoms with Crippen molar-refractivity contribution in [2.75, 3.05) is 19.5 Å². The number of esters is 1. The normalized spacial score (nSPS) is 10.3. The third kappa shape index (κ3) is 5.20. The Labute approximate surface area is 182 Å². The highest BCUT2D eigenvalue weighted by atomic mass is 32.1. The number of amides is 2. The van der Waals surface area contributed by atoms with E-state index in [2.05, 4.69) is 5.32 Å². The summed E-state index contributed by atoms with van der Waals surface area (Å²) >= 11 is 1.27. The summed E-state index contributed by atoms with van der Waals surface area (Å²) in [6, 6.07) is 12.8. The number of primary amides is 1. The third-order valence-corrected chi connectivity index (χ3v) is 5.19. The Kier molecular flexibility index (Phi) is 6.88. The van der Waals surface area contributed by atoms with Gasteiger partial charge in [0.2, 0.25) is 5.91 Å². The lowest BCUT2D eigenvalue weighted by molar-refractivity contribution is 0.0473. The summed E-state index contributed by atoms with van der Waals surface area (Å²) in [6.07, 6.45) is 0. The van der Waals surface area contributed by atoms with Crippen molar-refractivity contribution in [3.8, 4) is 11.5 Å². The van der Waals surface area contributed by atoms with Crippen LogP contribution in [0.5, 0.6) is 11.5 Å². The van der Waals surface area contributed by atoms with Crippen molar-refractivity contribution < 1.29 is 28.6 Å². The molecule has 0 saturated heterocycles. The predicted octanol–water partition coefficient (Wildman–Crippen LogP) is 3.47. The molecule has 0 bridgehead atoms. The standard InChI is InChI=1S/C22H20N2O6S/c1-28-17-10-15(22(27)30-12-13-5-3-6-14(9-13)20(23)25)16(11-18(17)29-2)24-21(26)19-7-4-8-31-19/h3-11H,12H2,1-2H3,(H2,23,25)(H,24,26). The number of benzene rings is 2. The van der Waals surface area contributed by atoms with Crippen LogP contribution in [0.3, 0.4) is 0 Å². The molecule has 1 aromatic heterocycles. The quantitative estimate of drug-likeness (QED) is 0.518. The Balaban J connectivity index is 1.86. The molecule has 3 aromatic rings. The molecule has 0 saturated carbocycles. The van der Waals surface area contributed by atoms with Crippen molar-refractivity contribution >= 4 is 34.8 Å². The molecule has 0 spiro atoms. The first-order chi connectivity index (χ1) is 14.9. The van der Waals surface area contributed by atoms with Crippen LogP contribution < -0.4 is 20.5 Å². The van der Waals surface area contributed by atoms with Gasteiger partial charge in [0.25, 0.3) is 5.91 Å². The average molecular weight is 440 g/mol.